The molecule has 0 radical (unpaired) electrons. The molecule has 1 aliphatic carbocycles. The van der Waals surface area contributed by atoms with Gasteiger partial charge in [-0.3, -0.25) is 4.98 Å². The first-order valence-corrected chi connectivity index (χ1v) is 6.14. The third kappa shape index (κ3) is 3.22. The van der Waals surface area contributed by atoms with Crippen molar-refractivity contribution in [3.05, 3.63) is 30.1 Å². The van der Waals surface area contributed by atoms with Crippen molar-refractivity contribution in [2.24, 2.45) is 11.7 Å². The molecule has 0 unspecified atom stereocenters. The molecule has 0 atom stereocenters. The van der Waals surface area contributed by atoms with Gasteiger partial charge in [0, 0.05) is 17.9 Å². The second-order valence-corrected chi connectivity index (χ2v) is 5.22. The normalized spacial score (nSPS) is 29.2. The van der Waals surface area contributed by atoms with E-state index in [-0.39, 0.29) is 12.8 Å². The van der Waals surface area contributed by atoms with E-state index >= 15 is 0 Å². The van der Waals surface area contributed by atoms with Crippen LogP contribution in [0.4, 0.5) is 13.2 Å². The highest BCUT2D eigenvalue weighted by molar-refractivity contribution is 5.13. The van der Waals surface area contributed by atoms with Crippen LogP contribution in [0.3, 0.4) is 0 Å². The summed E-state index contributed by atoms with van der Waals surface area (Å²) in [6.45, 7) is 0. The number of halogens is 3. The highest BCUT2D eigenvalue weighted by atomic mass is 19.4. The second kappa shape index (κ2) is 4.88. The van der Waals surface area contributed by atoms with Gasteiger partial charge in [0.1, 0.15) is 0 Å². The van der Waals surface area contributed by atoms with Crippen molar-refractivity contribution in [1.82, 2.24) is 4.98 Å². The van der Waals surface area contributed by atoms with Crippen molar-refractivity contribution >= 4 is 0 Å². The Labute approximate surface area is 104 Å². The molecule has 0 amide bonds. The summed E-state index contributed by atoms with van der Waals surface area (Å²) in [5.74, 6) is -1.18. The molecule has 0 aliphatic heterocycles. The Balaban J connectivity index is 1.95. The molecular weight excluding hydrogens is 241 g/mol. The summed E-state index contributed by atoms with van der Waals surface area (Å²) in [5.41, 5.74) is 6.68. The molecular formula is C13H17F3N2. The number of hydrogen-bond acceptors (Lipinski definition) is 2. The first-order valence-electron chi connectivity index (χ1n) is 6.14. The third-order valence-electron chi connectivity index (χ3n) is 3.72. The van der Waals surface area contributed by atoms with E-state index in [1.165, 1.54) is 0 Å². The minimum atomic E-state index is -4.07. The van der Waals surface area contributed by atoms with Gasteiger partial charge >= 0.3 is 6.18 Å². The predicted octanol–water partition coefficient (Wildman–Crippen LogP) is 3.07. The van der Waals surface area contributed by atoms with Crippen LogP contribution in [0.1, 0.15) is 31.2 Å². The summed E-state index contributed by atoms with van der Waals surface area (Å²) in [4.78, 5) is 4.00. The van der Waals surface area contributed by atoms with E-state index in [0.29, 0.717) is 19.3 Å². The first kappa shape index (κ1) is 13.3. The van der Waals surface area contributed by atoms with Crippen LogP contribution in [-0.2, 0) is 6.42 Å². The van der Waals surface area contributed by atoms with Gasteiger partial charge in [-0.1, -0.05) is 6.07 Å². The fourth-order valence-corrected chi connectivity index (χ4v) is 2.61. The Morgan fingerprint density at radius 2 is 2.00 bits per heavy atom. The van der Waals surface area contributed by atoms with E-state index in [2.05, 4.69) is 4.98 Å². The monoisotopic (exact) mass is 258 g/mol. The molecule has 2 nitrogen and oxygen atoms in total. The molecule has 1 saturated carbocycles. The van der Waals surface area contributed by atoms with E-state index in [1.807, 2.05) is 12.1 Å². The van der Waals surface area contributed by atoms with Crippen LogP contribution in [0.15, 0.2) is 24.5 Å². The quantitative estimate of drug-likeness (QED) is 0.885. The van der Waals surface area contributed by atoms with Gasteiger partial charge in [-0.2, -0.15) is 13.2 Å². The summed E-state index contributed by atoms with van der Waals surface area (Å²) in [6.07, 6.45) is 1.05. The highest BCUT2D eigenvalue weighted by Gasteiger charge is 2.44. The summed E-state index contributed by atoms with van der Waals surface area (Å²) < 4.78 is 37.7. The van der Waals surface area contributed by atoms with E-state index in [0.717, 1.165) is 5.56 Å². The third-order valence-corrected chi connectivity index (χ3v) is 3.72. The van der Waals surface area contributed by atoms with Crippen LogP contribution >= 0.6 is 0 Å². The first-order chi connectivity index (χ1) is 8.39. The summed E-state index contributed by atoms with van der Waals surface area (Å²) in [7, 11) is 0. The molecule has 18 heavy (non-hydrogen) atoms. The summed E-state index contributed by atoms with van der Waals surface area (Å²) >= 11 is 0. The highest BCUT2D eigenvalue weighted by Crippen LogP contribution is 2.41. The van der Waals surface area contributed by atoms with Crippen molar-refractivity contribution in [2.45, 2.75) is 43.8 Å². The molecule has 1 aromatic heterocycles. The number of rotatable bonds is 2. The molecule has 1 heterocycles. The van der Waals surface area contributed by atoms with Gasteiger partial charge in [0.05, 0.1) is 5.92 Å². The topological polar surface area (TPSA) is 38.9 Å². The van der Waals surface area contributed by atoms with Gasteiger partial charge in [0.25, 0.3) is 0 Å². The zero-order valence-corrected chi connectivity index (χ0v) is 10.1. The Morgan fingerprint density at radius 3 is 2.50 bits per heavy atom. The van der Waals surface area contributed by atoms with Gasteiger partial charge in [-0.25, -0.2) is 0 Å². The molecule has 2 rings (SSSR count). The number of nitrogens with zero attached hydrogens (tertiary/aromatic N) is 1. The van der Waals surface area contributed by atoms with Crippen LogP contribution in [0.2, 0.25) is 0 Å². The van der Waals surface area contributed by atoms with Crippen molar-refractivity contribution in [2.75, 3.05) is 0 Å². The maximum atomic E-state index is 12.6. The molecule has 0 saturated heterocycles. The maximum absolute atomic E-state index is 12.6. The average Bonchev–Trinajstić information content (AvgIpc) is 2.29. The zero-order valence-electron chi connectivity index (χ0n) is 10.1. The second-order valence-electron chi connectivity index (χ2n) is 5.22. The Hall–Kier alpha value is -1.10. The van der Waals surface area contributed by atoms with Crippen LogP contribution < -0.4 is 5.73 Å². The molecule has 1 aromatic rings. The molecule has 0 bridgehead atoms. The summed E-state index contributed by atoms with van der Waals surface area (Å²) in [6, 6.07) is 3.73. The van der Waals surface area contributed by atoms with Gasteiger partial charge in [0.15, 0.2) is 0 Å². The van der Waals surface area contributed by atoms with Crippen molar-refractivity contribution in [1.29, 1.82) is 0 Å². The lowest BCUT2D eigenvalue weighted by molar-refractivity contribution is -0.184. The van der Waals surface area contributed by atoms with Crippen LogP contribution in [0, 0.1) is 5.92 Å². The van der Waals surface area contributed by atoms with E-state index in [1.54, 1.807) is 12.4 Å². The number of pyridine rings is 1. The molecule has 0 aromatic carbocycles. The average molecular weight is 258 g/mol. The standard InChI is InChI=1S/C13H17F3N2/c14-13(15,16)11-3-5-12(17,6-4-11)8-10-2-1-7-18-9-10/h1-2,7,9,11H,3-6,8,17H2. The predicted molar refractivity (Wildman–Crippen MR) is 62.9 cm³/mol. The van der Waals surface area contributed by atoms with E-state index in [4.69, 9.17) is 5.73 Å². The van der Waals surface area contributed by atoms with Crippen molar-refractivity contribution in [3.63, 3.8) is 0 Å². The fourth-order valence-electron chi connectivity index (χ4n) is 2.61. The van der Waals surface area contributed by atoms with Crippen LogP contribution in [0.25, 0.3) is 0 Å². The molecule has 100 valence electrons. The Morgan fingerprint density at radius 1 is 1.33 bits per heavy atom. The maximum Gasteiger partial charge on any atom is 0.391 e. The van der Waals surface area contributed by atoms with Crippen molar-refractivity contribution in [3.8, 4) is 0 Å². The summed E-state index contributed by atoms with van der Waals surface area (Å²) in [5, 5.41) is 0. The Bertz CT molecular complexity index is 381. The smallest absolute Gasteiger partial charge is 0.325 e. The Kier molecular flexibility index (Phi) is 3.61. The van der Waals surface area contributed by atoms with E-state index < -0.39 is 17.6 Å². The number of hydrogen-bond donors (Lipinski definition) is 1. The molecule has 0 spiro atoms. The lowest BCUT2D eigenvalue weighted by Gasteiger charge is -2.37. The van der Waals surface area contributed by atoms with Gasteiger partial charge in [-0.15, -0.1) is 0 Å². The van der Waals surface area contributed by atoms with Gasteiger partial charge in [0.2, 0.25) is 0 Å². The lowest BCUT2D eigenvalue weighted by atomic mass is 9.74. The lowest BCUT2D eigenvalue weighted by Crippen LogP contribution is -2.47. The molecule has 1 fully saturated rings. The number of aromatic nitrogens is 1. The minimum Gasteiger partial charge on any atom is -0.325 e. The molecule has 1 aliphatic rings. The molecule has 2 N–H and O–H groups in total. The fraction of sp³-hybridized carbons (Fsp3) is 0.615. The molecule has 5 heteroatoms. The minimum absolute atomic E-state index is 0.139. The number of nitrogens with two attached hydrogens (primary N) is 1. The van der Waals surface area contributed by atoms with Gasteiger partial charge in [-0.05, 0) is 43.7 Å². The zero-order chi connectivity index (χ0) is 13.2. The van der Waals surface area contributed by atoms with Gasteiger partial charge < -0.3 is 5.73 Å². The SMILES string of the molecule is NC1(Cc2cccnc2)CCC(C(F)(F)F)CC1. The number of alkyl halides is 3. The van der Waals surface area contributed by atoms with E-state index in [9.17, 15) is 13.2 Å². The largest absolute Gasteiger partial charge is 0.391 e. The van der Waals surface area contributed by atoms with Crippen LogP contribution in [0.5, 0.6) is 0 Å². The van der Waals surface area contributed by atoms with Crippen molar-refractivity contribution < 1.29 is 13.2 Å². The van der Waals surface area contributed by atoms with Crippen LogP contribution in [-0.4, -0.2) is 16.7 Å².